The van der Waals surface area contributed by atoms with Crippen molar-refractivity contribution in [1.29, 1.82) is 0 Å². The summed E-state index contributed by atoms with van der Waals surface area (Å²) < 4.78 is 18.4. The lowest BCUT2D eigenvalue weighted by Crippen LogP contribution is -2.15. The zero-order chi connectivity index (χ0) is 14.7. The molecule has 1 atom stereocenters. The predicted octanol–water partition coefficient (Wildman–Crippen LogP) is 4.04. The quantitative estimate of drug-likeness (QED) is 0.923. The summed E-state index contributed by atoms with van der Waals surface area (Å²) in [6, 6.07) is 9.86. The van der Waals surface area contributed by atoms with Crippen LogP contribution in [0.25, 0.3) is 0 Å². The van der Waals surface area contributed by atoms with E-state index in [0.717, 1.165) is 22.4 Å². The highest BCUT2D eigenvalue weighted by Crippen LogP contribution is 2.28. The van der Waals surface area contributed by atoms with Gasteiger partial charge in [0.15, 0.2) is 0 Å². The number of methoxy groups -OCH3 is 1. The molecule has 0 saturated heterocycles. The predicted molar refractivity (Wildman–Crippen MR) is 79.8 cm³/mol. The fourth-order valence-corrected chi connectivity index (χ4v) is 2.50. The zero-order valence-electron chi connectivity index (χ0n) is 11.5. The van der Waals surface area contributed by atoms with Gasteiger partial charge in [0.1, 0.15) is 11.6 Å². The van der Waals surface area contributed by atoms with Crippen LogP contribution in [0, 0.1) is 12.7 Å². The van der Waals surface area contributed by atoms with Crippen LogP contribution in [-0.2, 0) is 6.42 Å². The highest BCUT2D eigenvalue weighted by molar-refractivity contribution is 6.30. The number of aryl methyl sites for hydroxylation is 1. The summed E-state index contributed by atoms with van der Waals surface area (Å²) in [6.45, 7) is 1.85. The Bertz CT molecular complexity index is 615. The summed E-state index contributed by atoms with van der Waals surface area (Å²) in [5.74, 6) is 0.503. The molecule has 1 unspecified atom stereocenters. The first-order valence-electron chi connectivity index (χ1n) is 6.35. The molecule has 2 aromatic rings. The molecule has 2 N–H and O–H groups in total. The van der Waals surface area contributed by atoms with E-state index in [9.17, 15) is 4.39 Å². The van der Waals surface area contributed by atoms with Gasteiger partial charge in [-0.05, 0) is 60.4 Å². The average molecular weight is 294 g/mol. The Kier molecular flexibility index (Phi) is 4.63. The highest BCUT2D eigenvalue weighted by Gasteiger charge is 2.13. The van der Waals surface area contributed by atoms with Crippen LogP contribution in [0.4, 0.5) is 4.39 Å². The highest BCUT2D eigenvalue weighted by atomic mass is 35.5. The topological polar surface area (TPSA) is 35.2 Å². The Hall–Kier alpha value is -1.58. The first-order valence-corrected chi connectivity index (χ1v) is 6.73. The molecule has 0 amide bonds. The van der Waals surface area contributed by atoms with Crippen LogP contribution >= 0.6 is 11.6 Å². The molecule has 4 heteroatoms. The number of hydrogen-bond donors (Lipinski definition) is 1. The van der Waals surface area contributed by atoms with Crippen LogP contribution in [0.1, 0.15) is 22.7 Å². The third-order valence-corrected chi connectivity index (χ3v) is 3.55. The molecule has 0 bridgehead atoms. The molecule has 2 aromatic carbocycles. The number of hydrogen-bond acceptors (Lipinski definition) is 2. The van der Waals surface area contributed by atoms with Crippen LogP contribution in [0.3, 0.4) is 0 Å². The molecule has 0 aliphatic rings. The van der Waals surface area contributed by atoms with Crippen LogP contribution in [0.2, 0.25) is 5.02 Å². The molecule has 106 valence electrons. The van der Waals surface area contributed by atoms with Crippen molar-refractivity contribution in [3.05, 3.63) is 63.9 Å². The molecule has 0 fully saturated rings. The minimum absolute atomic E-state index is 0.233. The Morgan fingerprint density at radius 1 is 1.25 bits per heavy atom. The van der Waals surface area contributed by atoms with Gasteiger partial charge in [-0.2, -0.15) is 0 Å². The molecule has 2 nitrogen and oxygen atoms in total. The van der Waals surface area contributed by atoms with E-state index >= 15 is 0 Å². The fraction of sp³-hybridized carbons (Fsp3) is 0.250. The maximum absolute atomic E-state index is 13.1. The minimum atomic E-state index is -0.251. The molecular formula is C16H17ClFNO. The van der Waals surface area contributed by atoms with Gasteiger partial charge < -0.3 is 10.5 Å². The van der Waals surface area contributed by atoms with Crippen molar-refractivity contribution in [1.82, 2.24) is 0 Å². The van der Waals surface area contributed by atoms with Crippen molar-refractivity contribution in [2.45, 2.75) is 19.4 Å². The Labute approximate surface area is 123 Å². The van der Waals surface area contributed by atoms with E-state index in [1.54, 1.807) is 19.2 Å². The van der Waals surface area contributed by atoms with E-state index < -0.39 is 0 Å². The number of rotatable bonds is 4. The van der Waals surface area contributed by atoms with Gasteiger partial charge in [-0.25, -0.2) is 4.39 Å². The average Bonchev–Trinajstić information content (AvgIpc) is 2.38. The van der Waals surface area contributed by atoms with E-state index in [1.165, 1.54) is 12.1 Å². The van der Waals surface area contributed by atoms with Crippen LogP contribution in [0.5, 0.6) is 5.75 Å². The first kappa shape index (κ1) is 14.8. The summed E-state index contributed by atoms with van der Waals surface area (Å²) >= 11 is 6.01. The molecular weight excluding hydrogens is 277 g/mol. The molecule has 0 aliphatic carbocycles. The normalized spacial score (nSPS) is 12.2. The molecule has 2 rings (SSSR count). The van der Waals surface area contributed by atoms with Gasteiger partial charge in [0, 0.05) is 11.1 Å². The van der Waals surface area contributed by atoms with E-state index in [0.29, 0.717) is 11.4 Å². The number of benzene rings is 2. The van der Waals surface area contributed by atoms with Gasteiger partial charge in [0.2, 0.25) is 0 Å². The van der Waals surface area contributed by atoms with Gasteiger partial charge in [0.25, 0.3) is 0 Å². The van der Waals surface area contributed by atoms with Crippen molar-refractivity contribution in [2.24, 2.45) is 5.73 Å². The number of ether oxygens (including phenoxy) is 1. The largest absolute Gasteiger partial charge is 0.496 e. The van der Waals surface area contributed by atoms with Crippen LogP contribution in [-0.4, -0.2) is 7.11 Å². The van der Waals surface area contributed by atoms with Crippen molar-refractivity contribution >= 4 is 11.6 Å². The summed E-state index contributed by atoms with van der Waals surface area (Å²) in [6.07, 6.45) is 0.580. The lowest BCUT2D eigenvalue weighted by Gasteiger charge is -2.17. The Balaban J connectivity index is 2.27. The molecule has 20 heavy (non-hydrogen) atoms. The maximum atomic E-state index is 13.1. The van der Waals surface area contributed by atoms with Crippen molar-refractivity contribution in [3.8, 4) is 5.75 Å². The van der Waals surface area contributed by atoms with Crippen molar-refractivity contribution in [3.63, 3.8) is 0 Å². The van der Waals surface area contributed by atoms with Gasteiger partial charge in [-0.3, -0.25) is 0 Å². The summed E-state index contributed by atoms with van der Waals surface area (Å²) in [4.78, 5) is 0. The minimum Gasteiger partial charge on any atom is -0.496 e. The second-order valence-corrected chi connectivity index (χ2v) is 5.20. The van der Waals surface area contributed by atoms with Crippen molar-refractivity contribution < 1.29 is 9.13 Å². The second kappa shape index (κ2) is 6.25. The lowest BCUT2D eigenvalue weighted by molar-refractivity contribution is 0.408. The molecule has 0 saturated carbocycles. The maximum Gasteiger partial charge on any atom is 0.123 e. The van der Waals surface area contributed by atoms with Gasteiger partial charge in [0.05, 0.1) is 7.11 Å². The Morgan fingerprint density at radius 2 is 2.00 bits per heavy atom. The molecule has 0 aliphatic heterocycles. The molecule has 0 radical (unpaired) electrons. The van der Waals surface area contributed by atoms with Gasteiger partial charge in [-0.1, -0.05) is 17.7 Å². The fourth-order valence-electron chi connectivity index (χ4n) is 2.31. The number of halogens is 2. The second-order valence-electron chi connectivity index (χ2n) is 4.77. The molecule has 0 spiro atoms. The molecule has 0 aromatic heterocycles. The monoisotopic (exact) mass is 293 g/mol. The molecule has 0 heterocycles. The third-order valence-electron chi connectivity index (χ3n) is 3.31. The first-order chi connectivity index (χ1) is 9.51. The Morgan fingerprint density at radius 3 is 2.65 bits per heavy atom. The third kappa shape index (κ3) is 3.30. The van der Waals surface area contributed by atoms with Gasteiger partial charge >= 0.3 is 0 Å². The SMILES string of the molecule is COc1ccc(Cl)cc1CC(N)c1ccc(F)cc1C. The summed E-state index contributed by atoms with van der Waals surface area (Å²) in [5, 5.41) is 0.642. The van der Waals surface area contributed by atoms with E-state index in [2.05, 4.69) is 0 Å². The van der Waals surface area contributed by atoms with E-state index in [4.69, 9.17) is 22.1 Å². The number of nitrogens with two attached hydrogens (primary N) is 1. The summed E-state index contributed by atoms with van der Waals surface area (Å²) in [7, 11) is 1.61. The van der Waals surface area contributed by atoms with Crippen molar-refractivity contribution in [2.75, 3.05) is 7.11 Å². The van der Waals surface area contributed by atoms with Crippen LogP contribution < -0.4 is 10.5 Å². The van der Waals surface area contributed by atoms with E-state index in [-0.39, 0.29) is 11.9 Å². The lowest BCUT2D eigenvalue weighted by atomic mass is 9.95. The smallest absolute Gasteiger partial charge is 0.123 e. The van der Waals surface area contributed by atoms with E-state index in [1.807, 2.05) is 19.1 Å². The van der Waals surface area contributed by atoms with Crippen LogP contribution in [0.15, 0.2) is 36.4 Å². The standard InChI is InChI=1S/C16H17ClFNO/c1-10-7-13(18)4-5-14(10)15(19)9-11-8-12(17)3-6-16(11)20-2/h3-8,15H,9,19H2,1-2H3. The summed E-state index contributed by atoms with van der Waals surface area (Å²) in [5.41, 5.74) is 8.94. The van der Waals surface area contributed by atoms with Gasteiger partial charge in [-0.15, -0.1) is 0 Å². The zero-order valence-corrected chi connectivity index (χ0v) is 12.2.